The lowest BCUT2D eigenvalue weighted by Gasteiger charge is -2.26. The molecule has 0 saturated heterocycles. The summed E-state index contributed by atoms with van der Waals surface area (Å²) < 4.78 is 6.34. The highest BCUT2D eigenvalue weighted by Gasteiger charge is 2.17. The van der Waals surface area contributed by atoms with Crippen LogP contribution < -0.4 is 4.90 Å². The second-order valence-electron chi connectivity index (χ2n) is 14.2. The van der Waals surface area contributed by atoms with Crippen molar-refractivity contribution < 1.29 is 4.42 Å². The lowest BCUT2D eigenvalue weighted by atomic mass is 10.0. The average Bonchev–Trinajstić information content (AvgIpc) is 3.62. The Balaban J connectivity index is 1.01. The van der Waals surface area contributed by atoms with Crippen molar-refractivity contribution in [3.8, 4) is 33.8 Å². The maximum Gasteiger partial charge on any atom is 0.160 e. The zero-order valence-electron chi connectivity index (χ0n) is 30.3. The average molecular weight is 716 g/mol. The zero-order valence-corrected chi connectivity index (χ0v) is 30.3. The Hall–Kier alpha value is -7.56. The highest BCUT2D eigenvalue weighted by molar-refractivity contribution is 6.11. The SMILES string of the molecule is c1ccc(-c2ccc(N(c3ccc(-c4nc(-c5ccc6oc7cc8ccccc8cc7c6c5)c5ccccc5n4)cc3)c3ccc4ccccc4c3)cc2)cc1. The van der Waals surface area contributed by atoms with Gasteiger partial charge in [-0.25, -0.2) is 9.97 Å². The molecule has 4 nitrogen and oxygen atoms in total. The van der Waals surface area contributed by atoms with Crippen LogP contribution in [0.3, 0.4) is 0 Å². The summed E-state index contributed by atoms with van der Waals surface area (Å²) in [6.45, 7) is 0. The molecule has 0 amide bonds. The largest absolute Gasteiger partial charge is 0.456 e. The van der Waals surface area contributed by atoms with Gasteiger partial charge in [0.15, 0.2) is 5.82 Å². The normalized spacial score (nSPS) is 11.6. The number of benzene rings is 9. The molecule has 0 aliphatic carbocycles. The molecule has 0 aliphatic rings. The molecule has 0 unspecified atom stereocenters. The van der Waals surface area contributed by atoms with Crippen molar-refractivity contribution in [2.45, 2.75) is 0 Å². The van der Waals surface area contributed by atoms with E-state index >= 15 is 0 Å². The topological polar surface area (TPSA) is 42.2 Å². The standard InChI is InChI=1S/C52H33N3O/c1-2-10-34(11-3-1)36-18-24-42(25-19-36)55(44-28-20-35-12-4-5-13-38(35)30-44)43-26-21-37(22-27-43)52-53-48-17-9-8-16-45(48)51(54-52)41-23-29-49-46(32-41)47-31-39-14-6-7-15-40(39)33-50(47)56-49/h1-33H. The first-order valence-electron chi connectivity index (χ1n) is 18.9. The van der Waals surface area contributed by atoms with E-state index in [0.717, 1.165) is 72.1 Å². The van der Waals surface area contributed by atoms with E-state index in [1.807, 2.05) is 6.07 Å². The third kappa shape index (κ3) is 5.55. The van der Waals surface area contributed by atoms with Crippen LogP contribution in [0.1, 0.15) is 0 Å². The molecule has 0 atom stereocenters. The maximum atomic E-state index is 6.34. The Morgan fingerprint density at radius 3 is 1.68 bits per heavy atom. The molecule has 0 fully saturated rings. The molecule has 9 aromatic carbocycles. The Morgan fingerprint density at radius 1 is 0.339 bits per heavy atom. The van der Waals surface area contributed by atoms with Crippen LogP contribution in [0.25, 0.3) is 88.2 Å². The second-order valence-corrected chi connectivity index (χ2v) is 14.2. The van der Waals surface area contributed by atoms with Crippen molar-refractivity contribution in [2.24, 2.45) is 0 Å². The summed E-state index contributed by atoms with van der Waals surface area (Å²) in [5, 5.41) is 7.94. The molecule has 11 aromatic rings. The van der Waals surface area contributed by atoms with E-state index in [4.69, 9.17) is 14.4 Å². The number of hydrogen-bond donors (Lipinski definition) is 0. The molecule has 0 bridgehead atoms. The first-order valence-corrected chi connectivity index (χ1v) is 18.9. The van der Waals surface area contributed by atoms with Gasteiger partial charge >= 0.3 is 0 Å². The van der Waals surface area contributed by atoms with Crippen molar-refractivity contribution in [3.05, 3.63) is 200 Å². The van der Waals surface area contributed by atoms with Gasteiger partial charge in [0.1, 0.15) is 11.2 Å². The molecule has 262 valence electrons. The summed E-state index contributed by atoms with van der Waals surface area (Å²) in [6, 6.07) is 70.5. The molecule has 2 aromatic heterocycles. The van der Waals surface area contributed by atoms with Crippen molar-refractivity contribution in [1.29, 1.82) is 0 Å². The fourth-order valence-electron chi connectivity index (χ4n) is 7.99. The third-order valence-corrected chi connectivity index (χ3v) is 10.8. The summed E-state index contributed by atoms with van der Waals surface area (Å²) in [5.41, 5.74) is 11.1. The minimum absolute atomic E-state index is 0.679. The number of para-hydroxylation sites is 1. The summed E-state index contributed by atoms with van der Waals surface area (Å²) in [5.74, 6) is 0.679. The van der Waals surface area contributed by atoms with Crippen LogP contribution in [0.5, 0.6) is 0 Å². The van der Waals surface area contributed by atoms with Crippen LogP contribution in [-0.4, -0.2) is 9.97 Å². The Kier molecular flexibility index (Phi) is 7.46. The van der Waals surface area contributed by atoms with Gasteiger partial charge < -0.3 is 9.32 Å². The minimum atomic E-state index is 0.679. The second kappa shape index (κ2) is 13.1. The molecule has 56 heavy (non-hydrogen) atoms. The molecule has 0 N–H and O–H groups in total. The van der Waals surface area contributed by atoms with Gasteiger partial charge in [0.2, 0.25) is 0 Å². The van der Waals surface area contributed by atoms with Crippen LogP contribution in [0.2, 0.25) is 0 Å². The van der Waals surface area contributed by atoms with Gasteiger partial charge in [-0.15, -0.1) is 0 Å². The summed E-state index contributed by atoms with van der Waals surface area (Å²) in [7, 11) is 0. The smallest absolute Gasteiger partial charge is 0.160 e. The third-order valence-electron chi connectivity index (χ3n) is 10.8. The minimum Gasteiger partial charge on any atom is -0.456 e. The molecule has 0 radical (unpaired) electrons. The van der Waals surface area contributed by atoms with Gasteiger partial charge in [0.25, 0.3) is 0 Å². The number of fused-ring (bicyclic) bond motifs is 6. The fraction of sp³-hybridized carbons (Fsp3) is 0. The van der Waals surface area contributed by atoms with Crippen LogP contribution in [-0.2, 0) is 0 Å². The molecule has 0 saturated carbocycles. The van der Waals surface area contributed by atoms with Gasteiger partial charge in [-0.05, 0) is 118 Å². The number of aromatic nitrogens is 2. The molecular weight excluding hydrogens is 683 g/mol. The predicted molar refractivity (Wildman–Crippen MR) is 233 cm³/mol. The maximum absolute atomic E-state index is 6.34. The molecule has 0 aliphatic heterocycles. The monoisotopic (exact) mass is 715 g/mol. The first-order chi connectivity index (χ1) is 27.7. The van der Waals surface area contributed by atoms with Crippen molar-refractivity contribution >= 4 is 71.4 Å². The van der Waals surface area contributed by atoms with Gasteiger partial charge in [-0.1, -0.05) is 115 Å². The van der Waals surface area contributed by atoms with E-state index in [-0.39, 0.29) is 0 Å². The van der Waals surface area contributed by atoms with Gasteiger partial charge in [-0.3, -0.25) is 0 Å². The quantitative estimate of drug-likeness (QED) is 0.172. The summed E-state index contributed by atoms with van der Waals surface area (Å²) >= 11 is 0. The molecule has 0 spiro atoms. The van der Waals surface area contributed by atoms with Crippen LogP contribution in [0.15, 0.2) is 205 Å². The molecule has 4 heteroatoms. The highest BCUT2D eigenvalue weighted by atomic mass is 16.3. The number of rotatable bonds is 6. The Morgan fingerprint density at radius 2 is 0.911 bits per heavy atom. The van der Waals surface area contributed by atoms with Crippen molar-refractivity contribution in [3.63, 3.8) is 0 Å². The summed E-state index contributed by atoms with van der Waals surface area (Å²) in [4.78, 5) is 12.7. The number of nitrogens with zero attached hydrogens (tertiary/aromatic N) is 3. The zero-order chi connectivity index (χ0) is 37.0. The number of hydrogen-bond acceptors (Lipinski definition) is 4. The van der Waals surface area contributed by atoms with E-state index in [0.29, 0.717) is 5.82 Å². The van der Waals surface area contributed by atoms with Gasteiger partial charge in [0.05, 0.1) is 11.2 Å². The Labute approximate surface area is 323 Å². The highest BCUT2D eigenvalue weighted by Crippen LogP contribution is 2.40. The molecule has 11 rings (SSSR count). The van der Waals surface area contributed by atoms with Crippen LogP contribution in [0.4, 0.5) is 17.1 Å². The van der Waals surface area contributed by atoms with Gasteiger partial charge in [-0.2, -0.15) is 0 Å². The van der Waals surface area contributed by atoms with Crippen LogP contribution >= 0.6 is 0 Å². The lowest BCUT2D eigenvalue weighted by molar-refractivity contribution is 0.669. The predicted octanol–water partition coefficient (Wildman–Crippen LogP) is 14.3. The lowest BCUT2D eigenvalue weighted by Crippen LogP contribution is -2.10. The van der Waals surface area contributed by atoms with E-state index in [1.54, 1.807) is 0 Å². The van der Waals surface area contributed by atoms with Gasteiger partial charge in [0, 0.05) is 44.3 Å². The molecular formula is C52H33N3O. The van der Waals surface area contributed by atoms with E-state index < -0.39 is 0 Å². The van der Waals surface area contributed by atoms with Crippen molar-refractivity contribution in [2.75, 3.05) is 4.90 Å². The summed E-state index contributed by atoms with van der Waals surface area (Å²) in [6.07, 6.45) is 0. The van der Waals surface area contributed by atoms with Crippen molar-refractivity contribution in [1.82, 2.24) is 9.97 Å². The van der Waals surface area contributed by atoms with Crippen LogP contribution in [0, 0.1) is 0 Å². The number of anilines is 3. The van der Waals surface area contributed by atoms with E-state index in [2.05, 4.69) is 199 Å². The van der Waals surface area contributed by atoms with E-state index in [9.17, 15) is 0 Å². The molecule has 2 heterocycles. The Bertz CT molecular complexity index is 3240. The fourth-order valence-corrected chi connectivity index (χ4v) is 7.99. The first kappa shape index (κ1) is 31.9. The number of furan rings is 1. The van der Waals surface area contributed by atoms with E-state index in [1.165, 1.54) is 27.3 Å².